The fourth-order valence-electron chi connectivity index (χ4n) is 2.62. The zero-order chi connectivity index (χ0) is 12.5. The van der Waals surface area contributed by atoms with E-state index >= 15 is 0 Å². The van der Waals surface area contributed by atoms with E-state index in [1.807, 2.05) is 20.0 Å². The van der Waals surface area contributed by atoms with Crippen molar-refractivity contribution in [1.29, 1.82) is 0 Å². The van der Waals surface area contributed by atoms with Crippen LogP contribution in [0.25, 0.3) is 0 Å². The van der Waals surface area contributed by atoms with E-state index in [2.05, 4.69) is 15.3 Å². The Morgan fingerprint density at radius 3 is 2.89 bits per heavy atom. The first-order valence-corrected chi connectivity index (χ1v) is 6.91. The maximum atomic E-state index is 5.85. The highest BCUT2D eigenvalue weighted by Crippen LogP contribution is 2.38. The minimum absolute atomic E-state index is 0.467. The molecular weight excluding hydrogens is 226 g/mol. The quantitative estimate of drug-likeness (QED) is 0.891. The van der Waals surface area contributed by atoms with Crippen molar-refractivity contribution in [2.45, 2.75) is 51.7 Å². The first kappa shape index (κ1) is 11.9. The van der Waals surface area contributed by atoms with Gasteiger partial charge in [0.1, 0.15) is 5.82 Å². The van der Waals surface area contributed by atoms with Crippen LogP contribution in [0.5, 0.6) is 0 Å². The normalized spacial score (nSPS) is 28.1. The summed E-state index contributed by atoms with van der Waals surface area (Å²) in [6, 6.07) is 0.485. The average Bonchev–Trinajstić information content (AvgIpc) is 3.18. The first-order chi connectivity index (χ1) is 8.72. The van der Waals surface area contributed by atoms with Gasteiger partial charge in [0.05, 0.1) is 17.5 Å². The smallest absolute Gasteiger partial charge is 0.147 e. The van der Waals surface area contributed by atoms with Crippen LogP contribution in [-0.4, -0.2) is 28.7 Å². The number of nitrogens with zero attached hydrogens (tertiary/aromatic N) is 2. The van der Waals surface area contributed by atoms with Crippen LogP contribution >= 0.6 is 0 Å². The number of hydrogen-bond donors (Lipinski definition) is 1. The van der Waals surface area contributed by atoms with E-state index in [1.165, 1.54) is 12.8 Å². The zero-order valence-corrected chi connectivity index (χ0v) is 11.1. The van der Waals surface area contributed by atoms with Crippen LogP contribution in [0.15, 0.2) is 6.20 Å². The van der Waals surface area contributed by atoms with Gasteiger partial charge >= 0.3 is 0 Å². The molecule has 1 aliphatic heterocycles. The van der Waals surface area contributed by atoms with E-state index in [1.54, 1.807) is 0 Å². The number of aryl methyl sites for hydroxylation is 2. The lowest BCUT2D eigenvalue weighted by Crippen LogP contribution is -2.35. The zero-order valence-electron chi connectivity index (χ0n) is 11.1. The van der Waals surface area contributed by atoms with Gasteiger partial charge in [-0.25, -0.2) is 4.98 Å². The Morgan fingerprint density at radius 1 is 1.28 bits per heavy atom. The lowest BCUT2D eigenvalue weighted by molar-refractivity contribution is -0.00224. The van der Waals surface area contributed by atoms with Crippen molar-refractivity contribution < 1.29 is 4.74 Å². The van der Waals surface area contributed by atoms with Gasteiger partial charge in [0.25, 0.3) is 0 Å². The fraction of sp³-hybridized carbons (Fsp3) is 0.714. The largest absolute Gasteiger partial charge is 0.378 e. The number of hydrogen-bond acceptors (Lipinski definition) is 4. The highest BCUT2D eigenvalue weighted by Gasteiger charge is 2.35. The molecule has 4 heteroatoms. The summed E-state index contributed by atoms with van der Waals surface area (Å²) >= 11 is 0. The van der Waals surface area contributed by atoms with Crippen LogP contribution in [0, 0.1) is 19.8 Å². The van der Waals surface area contributed by atoms with Crippen LogP contribution in [0.3, 0.4) is 0 Å². The summed E-state index contributed by atoms with van der Waals surface area (Å²) in [6.07, 6.45) is 7.16. The van der Waals surface area contributed by atoms with E-state index in [9.17, 15) is 0 Å². The maximum Gasteiger partial charge on any atom is 0.147 e. The lowest BCUT2D eigenvalue weighted by Gasteiger charge is -2.30. The molecule has 98 valence electrons. The Kier molecular flexibility index (Phi) is 3.20. The van der Waals surface area contributed by atoms with Crippen molar-refractivity contribution in [3.63, 3.8) is 0 Å². The molecule has 2 fully saturated rings. The number of ether oxygens (including phenoxy) is 1. The topological polar surface area (TPSA) is 47.0 Å². The Labute approximate surface area is 108 Å². The van der Waals surface area contributed by atoms with Gasteiger partial charge in [0.15, 0.2) is 0 Å². The van der Waals surface area contributed by atoms with Crippen LogP contribution < -0.4 is 5.32 Å². The summed E-state index contributed by atoms with van der Waals surface area (Å²) in [5, 5.41) is 3.55. The summed E-state index contributed by atoms with van der Waals surface area (Å²) in [6.45, 7) is 4.86. The SMILES string of the molecule is Cc1cnc(C)c(NC2CCOC(C3CC3)C2)n1. The Morgan fingerprint density at radius 2 is 2.11 bits per heavy atom. The second-order valence-corrected chi connectivity index (χ2v) is 5.56. The van der Waals surface area contributed by atoms with Crippen molar-refractivity contribution in [3.05, 3.63) is 17.6 Å². The third kappa shape index (κ3) is 2.64. The number of aromatic nitrogens is 2. The molecule has 0 spiro atoms. The van der Waals surface area contributed by atoms with Gasteiger partial charge in [0, 0.05) is 18.8 Å². The number of nitrogens with one attached hydrogen (secondary N) is 1. The molecule has 4 nitrogen and oxygen atoms in total. The minimum Gasteiger partial charge on any atom is -0.378 e. The Balaban J connectivity index is 1.65. The fourth-order valence-corrected chi connectivity index (χ4v) is 2.62. The average molecular weight is 247 g/mol. The molecule has 2 heterocycles. The Bertz CT molecular complexity index is 431. The molecular formula is C14H21N3O. The molecule has 0 bridgehead atoms. The lowest BCUT2D eigenvalue weighted by atomic mass is 10.00. The number of anilines is 1. The second-order valence-electron chi connectivity index (χ2n) is 5.56. The monoisotopic (exact) mass is 247 g/mol. The molecule has 0 radical (unpaired) electrons. The van der Waals surface area contributed by atoms with Crippen LogP contribution in [0.4, 0.5) is 5.82 Å². The summed E-state index contributed by atoms with van der Waals surface area (Å²) in [7, 11) is 0. The molecule has 18 heavy (non-hydrogen) atoms. The predicted octanol–water partition coefficient (Wildman–Crippen LogP) is 2.46. The van der Waals surface area contributed by atoms with Gasteiger partial charge in [-0.05, 0) is 45.4 Å². The van der Waals surface area contributed by atoms with Gasteiger partial charge in [-0.1, -0.05) is 0 Å². The molecule has 2 aliphatic rings. The molecule has 1 aromatic heterocycles. The second kappa shape index (κ2) is 4.84. The van der Waals surface area contributed by atoms with Crippen molar-refractivity contribution in [2.24, 2.45) is 5.92 Å². The summed E-state index contributed by atoms with van der Waals surface area (Å²) < 4.78 is 5.85. The van der Waals surface area contributed by atoms with Crippen LogP contribution in [0.2, 0.25) is 0 Å². The summed E-state index contributed by atoms with van der Waals surface area (Å²) in [4.78, 5) is 8.89. The summed E-state index contributed by atoms with van der Waals surface area (Å²) in [5.41, 5.74) is 1.95. The molecule has 1 saturated carbocycles. The van der Waals surface area contributed by atoms with Crippen molar-refractivity contribution in [3.8, 4) is 0 Å². The molecule has 1 aliphatic carbocycles. The van der Waals surface area contributed by atoms with E-state index in [0.29, 0.717) is 12.1 Å². The van der Waals surface area contributed by atoms with Gasteiger partial charge in [0.2, 0.25) is 0 Å². The molecule has 1 aromatic rings. The minimum atomic E-state index is 0.467. The van der Waals surface area contributed by atoms with Crippen molar-refractivity contribution >= 4 is 5.82 Å². The maximum absolute atomic E-state index is 5.85. The van der Waals surface area contributed by atoms with E-state index in [-0.39, 0.29) is 0 Å². The molecule has 2 atom stereocenters. The highest BCUT2D eigenvalue weighted by atomic mass is 16.5. The molecule has 2 unspecified atom stereocenters. The Hall–Kier alpha value is -1.16. The van der Waals surface area contributed by atoms with E-state index < -0.39 is 0 Å². The standard InChI is InChI=1S/C14H21N3O/c1-9-8-15-10(2)14(16-9)17-12-5-6-18-13(7-12)11-3-4-11/h8,11-13H,3-7H2,1-2H3,(H,16,17). The first-order valence-electron chi connectivity index (χ1n) is 6.91. The third-order valence-electron chi connectivity index (χ3n) is 3.88. The van der Waals surface area contributed by atoms with Gasteiger partial charge < -0.3 is 10.1 Å². The van der Waals surface area contributed by atoms with Crippen molar-refractivity contribution in [1.82, 2.24) is 9.97 Å². The molecule has 0 amide bonds. The molecule has 1 saturated heterocycles. The highest BCUT2D eigenvalue weighted by molar-refractivity contribution is 5.40. The third-order valence-corrected chi connectivity index (χ3v) is 3.88. The van der Waals surface area contributed by atoms with Gasteiger partial charge in [-0.3, -0.25) is 4.98 Å². The molecule has 1 N–H and O–H groups in total. The van der Waals surface area contributed by atoms with E-state index in [0.717, 1.165) is 42.6 Å². The van der Waals surface area contributed by atoms with Gasteiger partial charge in [-0.15, -0.1) is 0 Å². The molecule has 3 rings (SSSR count). The number of rotatable bonds is 3. The molecule has 0 aromatic carbocycles. The van der Waals surface area contributed by atoms with Crippen LogP contribution in [-0.2, 0) is 4.74 Å². The van der Waals surface area contributed by atoms with Crippen LogP contribution in [0.1, 0.15) is 37.1 Å². The summed E-state index contributed by atoms with van der Waals surface area (Å²) in [5.74, 6) is 1.76. The van der Waals surface area contributed by atoms with E-state index in [4.69, 9.17) is 4.74 Å². The predicted molar refractivity (Wildman–Crippen MR) is 70.6 cm³/mol. The van der Waals surface area contributed by atoms with Crippen molar-refractivity contribution in [2.75, 3.05) is 11.9 Å². The van der Waals surface area contributed by atoms with Gasteiger partial charge in [-0.2, -0.15) is 0 Å².